The van der Waals surface area contributed by atoms with Crippen LogP contribution in [0.1, 0.15) is 78.0 Å². The van der Waals surface area contributed by atoms with Gasteiger partial charge in [0.05, 0.1) is 18.7 Å². The van der Waals surface area contributed by atoms with Gasteiger partial charge in [0.25, 0.3) is 5.91 Å². The number of carboxylic acids is 1. The van der Waals surface area contributed by atoms with Crippen LogP contribution in [0.25, 0.3) is 0 Å². The van der Waals surface area contributed by atoms with Crippen molar-refractivity contribution in [2.45, 2.75) is 59.4 Å². The molecule has 0 radical (unpaired) electrons. The van der Waals surface area contributed by atoms with E-state index in [2.05, 4.69) is 19.2 Å². The molecule has 0 aliphatic heterocycles. The lowest BCUT2D eigenvalue weighted by Crippen LogP contribution is -2.13. The molecule has 0 atom stereocenters. The first-order chi connectivity index (χ1) is 15.6. The zero-order chi connectivity index (χ0) is 24.3. The number of aliphatic carboxylic acids is 1. The normalized spacial score (nSPS) is 11.3. The molecule has 2 N–H and O–H groups in total. The number of hydrogen-bond acceptors (Lipinski definition) is 3. The van der Waals surface area contributed by atoms with E-state index in [-0.39, 0.29) is 24.2 Å². The predicted octanol–water partition coefficient (Wildman–Crippen LogP) is 6.02. The molecule has 0 bridgehead atoms. The van der Waals surface area contributed by atoms with Gasteiger partial charge in [-0.25, -0.2) is 0 Å². The lowest BCUT2D eigenvalue weighted by molar-refractivity contribution is -0.136. The van der Waals surface area contributed by atoms with E-state index in [4.69, 9.17) is 16.7 Å². The molecule has 33 heavy (non-hydrogen) atoms. The fourth-order valence-corrected chi connectivity index (χ4v) is 4.27. The van der Waals surface area contributed by atoms with E-state index in [0.29, 0.717) is 22.8 Å². The molecule has 1 aromatic heterocycles. The van der Waals surface area contributed by atoms with Crippen LogP contribution in [0.2, 0.25) is 5.02 Å². The topological polar surface area (TPSA) is 84.2 Å². The summed E-state index contributed by atoms with van der Waals surface area (Å²) in [4.78, 5) is 24.1. The van der Waals surface area contributed by atoms with Gasteiger partial charge in [-0.3, -0.25) is 14.3 Å². The molecule has 7 heteroatoms. The Balaban J connectivity index is 1.82. The highest BCUT2D eigenvalue weighted by atomic mass is 35.5. The minimum absolute atomic E-state index is 0.0316. The molecule has 0 saturated carbocycles. The second-order valence-corrected chi connectivity index (χ2v) is 9.33. The van der Waals surface area contributed by atoms with Gasteiger partial charge >= 0.3 is 5.97 Å². The Morgan fingerprint density at radius 2 is 1.73 bits per heavy atom. The van der Waals surface area contributed by atoms with Crippen molar-refractivity contribution in [1.29, 1.82) is 0 Å². The van der Waals surface area contributed by atoms with Gasteiger partial charge in [-0.05, 0) is 60.2 Å². The second-order valence-electron chi connectivity index (χ2n) is 8.90. The highest BCUT2D eigenvalue weighted by Gasteiger charge is 2.23. The highest BCUT2D eigenvalue weighted by molar-refractivity contribution is 6.30. The summed E-state index contributed by atoms with van der Waals surface area (Å²) in [6.07, 6.45) is -0.0316. The standard InChI is InChI=1S/C26H30ClN3O3/c1-15(2)24-22(13-23(31)32)25(16(3)4)30(29-24)14-18-6-9-20(10-7-18)28-26(33)21-11-8-19(27)12-17(21)5/h6-12,15-16H,13-14H2,1-5H3,(H,28,33)(H,31,32). The van der Waals surface area contributed by atoms with E-state index in [1.165, 1.54) is 0 Å². The summed E-state index contributed by atoms with van der Waals surface area (Å²) in [5, 5.41) is 17.7. The molecular weight excluding hydrogens is 438 g/mol. The van der Waals surface area contributed by atoms with Gasteiger partial charge in [0.2, 0.25) is 0 Å². The quantitative estimate of drug-likeness (QED) is 0.424. The summed E-state index contributed by atoms with van der Waals surface area (Å²) in [6, 6.07) is 12.8. The molecule has 0 unspecified atom stereocenters. The molecule has 3 aromatic rings. The number of aryl methyl sites for hydroxylation is 1. The van der Waals surface area contributed by atoms with Gasteiger partial charge in [-0.1, -0.05) is 51.4 Å². The number of nitrogens with zero attached hydrogens (tertiary/aromatic N) is 2. The Kier molecular flexibility index (Phi) is 7.59. The second kappa shape index (κ2) is 10.2. The van der Waals surface area contributed by atoms with Crippen LogP contribution in [0.5, 0.6) is 0 Å². The average Bonchev–Trinajstić information content (AvgIpc) is 3.06. The number of amides is 1. The fourth-order valence-electron chi connectivity index (χ4n) is 4.04. The zero-order valence-corrected chi connectivity index (χ0v) is 20.4. The van der Waals surface area contributed by atoms with E-state index in [0.717, 1.165) is 28.1 Å². The minimum atomic E-state index is -0.852. The van der Waals surface area contributed by atoms with E-state index >= 15 is 0 Å². The van der Waals surface area contributed by atoms with Crippen molar-refractivity contribution in [3.63, 3.8) is 0 Å². The summed E-state index contributed by atoms with van der Waals surface area (Å²) in [5.41, 5.74) is 5.70. The number of hydrogen-bond donors (Lipinski definition) is 2. The molecule has 174 valence electrons. The van der Waals surface area contributed by atoms with Gasteiger partial charge in [0, 0.05) is 27.5 Å². The van der Waals surface area contributed by atoms with E-state index in [1.807, 2.05) is 49.7 Å². The number of nitrogens with one attached hydrogen (secondary N) is 1. The van der Waals surface area contributed by atoms with Crippen LogP contribution < -0.4 is 5.32 Å². The molecular formula is C26H30ClN3O3. The van der Waals surface area contributed by atoms with Gasteiger partial charge < -0.3 is 10.4 Å². The Morgan fingerprint density at radius 1 is 1.06 bits per heavy atom. The molecule has 6 nitrogen and oxygen atoms in total. The van der Waals surface area contributed by atoms with Gasteiger partial charge in [-0.2, -0.15) is 5.10 Å². The predicted molar refractivity (Wildman–Crippen MR) is 131 cm³/mol. The smallest absolute Gasteiger partial charge is 0.307 e. The van der Waals surface area contributed by atoms with Crippen molar-refractivity contribution in [3.05, 3.63) is 81.1 Å². The minimum Gasteiger partial charge on any atom is -0.481 e. The third-order valence-corrected chi connectivity index (χ3v) is 5.76. The molecule has 2 aromatic carbocycles. The van der Waals surface area contributed by atoms with Gasteiger partial charge in [0.15, 0.2) is 0 Å². The van der Waals surface area contributed by atoms with Gasteiger partial charge in [0.1, 0.15) is 0 Å². The number of carbonyl (C=O) groups excluding carboxylic acids is 1. The van der Waals surface area contributed by atoms with Crippen LogP contribution in [-0.2, 0) is 17.8 Å². The number of carbonyl (C=O) groups is 2. The fraction of sp³-hybridized carbons (Fsp3) is 0.346. The zero-order valence-electron chi connectivity index (χ0n) is 19.6. The number of carboxylic acid groups (broad SMARTS) is 1. The van der Waals surface area contributed by atoms with Crippen molar-refractivity contribution in [2.75, 3.05) is 5.32 Å². The SMILES string of the molecule is Cc1cc(Cl)ccc1C(=O)Nc1ccc(Cn2nc(C(C)C)c(CC(=O)O)c2C(C)C)cc1. The molecule has 1 amide bonds. The molecule has 0 spiro atoms. The molecule has 0 aliphatic rings. The van der Waals surface area contributed by atoms with Crippen molar-refractivity contribution in [2.24, 2.45) is 0 Å². The summed E-state index contributed by atoms with van der Waals surface area (Å²) in [6.45, 7) is 10.5. The third kappa shape index (κ3) is 5.82. The van der Waals surface area contributed by atoms with Crippen molar-refractivity contribution in [1.82, 2.24) is 9.78 Å². The molecule has 0 aliphatic carbocycles. The Morgan fingerprint density at radius 3 is 2.27 bits per heavy atom. The summed E-state index contributed by atoms with van der Waals surface area (Å²) >= 11 is 5.98. The first-order valence-corrected chi connectivity index (χ1v) is 11.4. The van der Waals surface area contributed by atoms with Crippen LogP contribution in [-0.4, -0.2) is 26.8 Å². The first kappa shape index (κ1) is 24.5. The molecule has 0 fully saturated rings. The van der Waals surface area contributed by atoms with Crippen molar-refractivity contribution >= 4 is 29.2 Å². The van der Waals surface area contributed by atoms with Crippen LogP contribution >= 0.6 is 11.6 Å². The van der Waals surface area contributed by atoms with Gasteiger partial charge in [-0.15, -0.1) is 0 Å². The third-order valence-electron chi connectivity index (χ3n) is 5.52. The van der Waals surface area contributed by atoms with Crippen LogP contribution in [0, 0.1) is 6.92 Å². The van der Waals surface area contributed by atoms with E-state index in [1.54, 1.807) is 18.2 Å². The molecule has 0 saturated heterocycles. The number of rotatable bonds is 8. The number of aromatic nitrogens is 2. The number of anilines is 1. The maximum absolute atomic E-state index is 12.6. The molecule has 3 rings (SSSR count). The van der Waals surface area contributed by atoms with Crippen LogP contribution in [0.15, 0.2) is 42.5 Å². The average molecular weight is 468 g/mol. The largest absolute Gasteiger partial charge is 0.481 e. The maximum Gasteiger partial charge on any atom is 0.307 e. The maximum atomic E-state index is 12.6. The van der Waals surface area contributed by atoms with E-state index < -0.39 is 5.97 Å². The van der Waals surface area contributed by atoms with Crippen molar-refractivity contribution < 1.29 is 14.7 Å². The molecule has 1 heterocycles. The first-order valence-electron chi connectivity index (χ1n) is 11.0. The van der Waals surface area contributed by atoms with Crippen LogP contribution in [0.4, 0.5) is 5.69 Å². The lowest BCUT2D eigenvalue weighted by atomic mass is 9.96. The summed E-state index contributed by atoms with van der Waals surface area (Å²) < 4.78 is 1.92. The summed E-state index contributed by atoms with van der Waals surface area (Å²) in [7, 11) is 0. The number of benzene rings is 2. The summed E-state index contributed by atoms with van der Waals surface area (Å²) in [5.74, 6) is -0.770. The monoisotopic (exact) mass is 467 g/mol. The van der Waals surface area contributed by atoms with Crippen LogP contribution in [0.3, 0.4) is 0 Å². The van der Waals surface area contributed by atoms with E-state index in [9.17, 15) is 14.7 Å². The Bertz CT molecular complexity index is 1160. The highest BCUT2D eigenvalue weighted by Crippen LogP contribution is 2.29. The van der Waals surface area contributed by atoms with Crippen molar-refractivity contribution in [3.8, 4) is 0 Å². The lowest BCUT2D eigenvalue weighted by Gasteiger charge is -2.13. The Labute approximate surface area is 199 Å². The Hall–Kier alpha value is -3.12. The number of halogens is 1.